The second-order valence-electron chi connectivity index (χ2n) is 3.97. The highest BCUT2D eigenvalue weighted by Gasteiger charge is 2.22. The molecule has 0 N–H and O–H groups in total. The fourth-order valence-electron chi connectivity index (χ4n) is 1.80. The van der Waals surface area contributed by atoms with Crippen molar-refractivity contribution >= 4 is 21.7 Å². The van der Waals surface area contributed by atoms with Gasteiger partial charge in [0.1, 0.15) is 6.10 Å². The lowest BCUT2D eigenvalue weighted by molar-refractivity contribution is -0.132. The summed E-state index contributed by atoms with van der Waals surface area (Å²) < 4.78 is 6.38. The number of Topliss-reactive ketones (excluding diaryl/α,β-unsaturated/α-hetero) is 1. The Balaban J connectivity index is 1.93. The first-order valence-corrected chi connectivity index (χ1v) is 6.30. The van der Waals surface area contributed by atoms with Crippen LogP contribution in [0.1, 0.15) is 25.0 Å². The van der Waals surface area contributed by atoms with E-state index in [9.17, 15) is 4.79 Å². The zero-order valence-corrected chi connectivity index (χ0v) is 10.6. The van der Waals surface area contributed by atoms with Gasteiger partial charge in [-0.15, -0.1) is 0 Å². The molecule has 0 bridgehead atoms. The molecule has 1 atom stereocenters. The van der Waals surface area contributed by atoms with Gasteiger partial charge < -0.3 is 4.74 Å². The summed E-state index contributed by atoms with van der Waals surface area (Å²) in [6.45, 7) is 0.712. The molecule has 1 aromatic rings. The van der Waals surface area contributed by atoms with Gasteiger partial charge in [-0.3, -0.25) is 9.78 Å². The molecule has 1 aromatic heterocycles. The van der Waals surface area contributed by atoms with Gasteiger partial charge >= 0.3 is 0 Å². The maximum Gasteiger partial charge on any atom is 0.167 e. The second kappa shape index (κ2) is 5.55. The Hall–Kier alpha value is -0.740. The van der Waals surface area contributed by atoms with Gasteiger partial charge in [0.25, 0.3) is 0 Å². The standard InChI is InChI=1S/C12H14BrNO2/c13-9-4-5-10(14-8-9)7-11(15)12-3-1-2-6-16-12/h4-5,8,12H,1-3,6-7H2. The highest BCUT2D eigenvalue weighted by Crippen LogP contribution is 2.15. The molecular formula is C12H14BrNO2. The van der Waals surface area contributed by atoms with Gasteiger partial charge in [-0.25, -0.2) is 0 Å². The zero-order chi connectivity index (χ0) is 11.4. The summed E-state index contributed by atoms with van der Waals surface area (Å²) in [5.41, 5.74) is 0.808. The van der Waals surface area contributed by atoms with E-state index >= 15 is 0 Å². The van der Waals surface area contributed by atoms with E-state index in [1.165, 1.54) is 0 Å². The number of aromatic nitrogens is 1. The van der Waals surface area contributed by atoms with Crippen LogP contribution in [-0.2, 0) is 16.0 Å². The van der Waals surface area contributed by atoms with Crippen molar-refractivity contribution in [2.45, 2.75) is 31.8 Å². The molecule has 2 heterocycles. The Kier molecular flexibility index (Phi) is 4.07. The van der Waals surface area contributed by atoms with Crippen LogP contribution in [0.15, 0.2) is 22.8 Å². The Morgan fingerprint density at radius 1 is 1.50 bits per heavy atom. The molecule has 4 heteroatoms. The average Bonchev–Trinajstić information content (AvgIpc) is 2.33. The summed E-state index contributed by atoms with van der Waals surface area (Å²) >= 11 is 3.32. The number of carbonyl (C=O) groups is 1. The summed E-state index contributed by atoms with van der Waals surface area (Å²) in [5, 5.41) is 0. The summed E-state index contributed by atoms with van der Waals surface area (Å²) in [6, 6.07) is 3.77. The lowest BCUT2D eigenvalue weighted by Gasteiger charge is -2.21. The maximum absolute atomic E-state index is 11.9. The molecule has 1 saturated heterocycles. The first kappa shape index (κ1) is 11.7. The molecular weight excluding hydrogens is 270 g/mol. The van der Waals surface area contributed by atoms with Crippen molar-refractivity contribution in [1.29, 1.82) is 0 Å². The van der Waals surface area contributed by atoms with E-state index in [4.69, 9.17) is 4.74 Å². The Morgan fingerprint density at radius 2 is 2.38 bits per heavy atom. The Labute approximate surface area is 103 Å². The predicted octanol–water partition coefficient (Wildman–Crippen LogP) is 2.52. The molecule has 0 amide bonds. The van der Waals surface area contributed by atoms with E-state index < -0.39 is 0 Å². The number of hydrogen-bond acceptors (Lipinski definition) is 3. The molecule has 0 aromatic carbocycles. The second-order valence-corrected chi connectivity index (χ2v) is 4.88. The molecule has 0 spiro atoms. The highest BCUT2D eigenvalue weighted by molar-refractivity contribution is 9.10. The number of halogens is 1. The molecule has 1 fully saturated rings. The van der Waals surface area contributed by atoms with Crippen molar-refractivity contribution in [3.05, 3.63) is 28.5 Å². The summed E-state index contributed by atoms with van der Waals surface area (Å²) in [5.74, 6) is 0.148. The molecule has 16 heavy (non-hydrogen) atoms. The van der Waals surface area contributed by atoms with E-state index in [1.54, 1.807) is 6.20 Å². The van der Waals surface area contributed by atoms with Crippen LogP contribution in [0.3, 0.4) is 0 Å². The summed E-state index contributed by atoms with van der Waals surface area (Å²) in [4.78, 5) is 16.1. The number of ketones is 1. The van der Waals surface area contributed by atoms with E-state index in [1.807, 2.05) is 12.1 Å². The van der Waals surface area contributed by atoms with E-state index in [2.05, 4.69) is 20.9 Å². The van der Waals surface area contributed by atoms with Crippen LogP contribution in [-0.4, -0.2) is 23.5 Å². The first-order valence-electron chi connectivity index (χ1n) is 5.50. The molecule has 1 aliphatic heterocycles. The Morgan fingerprint density at radius 3 is 3.00 bits per heavy atom. The fraction of sp³-hybridized carbons (Fsp3) is 0.500. The topological polar surface area (TPSA) is 39.2 Å². The van der Waals surface area contributed by atoms with Crippen LogP contribution < -0.4 is 0 Å². The molecule has 0 saturated carbocycles. The third-order valence-electron chi connectivity index (χ3n) is 2.68. The van der Waals surface area contributed by atoms with Crippen LogP contribution in [0.2, 0.25) is 0 Å². The molecule has 3 nitrogen and oxygen atoms in total. The van der Waals surface area contributed by atoms with E-state index in [0.29, 0.717) is 13.0 Å². The van der Waals surface area contributed by atoms with Crippen LogP contribution >= 0.6 is 15.9 Å². The minimum Gasteiger partial charge on any atom is -0.370 e. The molecule has 2 rings (SSSR count). The van der Waals surface area contributed by atoms with Gasteiger partial charge in [0.05, 0.1) is 6.42 Å². The third kappa shape index (κ3) is 3.12. The maximum atomic E-state index is 11.9. The van der Waals surface area contributed by atoms with E-state index in [0.717, 1.165) is 29.4 Å². The number of rotatable bonds is 3. The molecule has 1 aliphatic rings. The largest absolute Gasteiger partial charge is 0.370 e. The van der Waals surface area contributed by atoms with Crippen LogP contribution in [0.5, 0.6) is 0 Å². The normalized spacial score (nSPS) is 20.7. The summed E-state index contributed by atoms with van der Waals surface area (Å²) in [7, 11) is 0. The molecule has 86 valence electrons. The van der Waals surface area contributed by atoms with Gasteiger partial charge in [0.2, 0.25) is 0 Å². The number of nitrogens with zero attached hydrogens (tertiary/aromatic N) is 1. The van der Waals surface area contributed by atoms with Crippen LogP contribution in [0, 0.1) is 0 Å². The zero-order valence-electron chi connectivity index (χ0n) is 8.99. The quantitative estimate of drug-likeness (QED) is 0.856. The highest BCUT2D eigenvalue weighted by atomic mass is 79.9. The minimum atomic E-state index is -0.209. The third-order valence-corrected chi connectivity index (χ3v) is 3.15. The fourth-order valence-corrected chi connectivity index (χ4v) is 2.03. The van der Waals surface area contributed by atoms with Crippen molar-refractivity contribution in [2.75, 3.05) is 6.61 Å². The van der Waals surface area contributed by atoms with Crippen molar-refractivity contribution in [1.82, 2.24) is 4.98 Å². The molecule has 0 radical (unpaired) electrons. The first-order chi connectivity index (χ1) is 7.75. The van der Waals surface area contributed by atoms with Gasteiger partial charge in [0, 0.05) is 23.0 Å². The molecule has 0 aliphatic carbocycles. The van der Waals surface area contributed by atoms with Crippen LogP contribution in [0.4, 0.5) is 0 Å². The van der Waals surface area contributed by atoms with Gasteiger partial charge in [-0.1, -0.05) is 0 Å². The lowest BCUT2D eigenvalue weighted by atomic mass is 10.0. The van der Waals surface area contributed by atoms with Crippen molar-refractivity contribution < 1.29 is 9.53 Å². The lowest BCUT2D eigenvalue weighted by Crippen LogP contribution is -2.29. The summed E-state index contributed by atoms with van der Waals surface area (Å²) in [6.07, 6.45) is 4.89. The predicted molar refractivity (Wildman–Crippen MR) is 64.2 cm³/mol. The van der Waals surface area contributed by atoms with Crippen molar-refractivity contribution in [3.8, 4) is 0 Å². The number of hydrogen-bond donors (Lipinski definition) is 0. The van der Waals surface area contributed by atoms with E-state index in [-0.39, 0.29) is 11.9 Å². The van der Waals surface area contributed by atoms with Crippen molar-refractivity contribution in [3.63, 3.8) is 0 Å². The van der Waals surface area contributed by atoms with Gasteiger partial charge in [0.15, 0.2) is 5.78 Å². The SMILES string of the molecule is O=C(Cc1ccc(Br)cn1)C1CCCCO1. The van der Waals surface area contributed by atoms with Gasteiger partial charge in [-0.2, -0.15) is 0 Å². The average molecular weight is 284 g/mol. The number of ether oxygens (including phenoxy) is 1. The number of carbonyl (C=O) groups excluding carboxylic acids is 1. The van der Waals surface area contributed by atoms with Gasteiger partial charge in [-0.05, 0) is 47.3 Å². The minimum absolute atomic E-state index is 0.148. The number of pyridine rings is 1. The van der Waals surface area contributed by atoms with Crippen molar-refractivity contribution in [2.24, 2.45) is 0 Å². The smallest absolute Gasteiger partial charge is 0.167 e. The van der Waals surface area contributed by atoms with Crippen LogP contribution in [0.25, 0.3) is 0 Å². The molecule has 1 unspecified atom stereocenters. The monoisotopic (exact) mass is 283 g/mol. The Bertz CT molecular complexity index is 358.